The quantitative estimate of drug-likeness (QED) is 0.286. The van der Waals surface area contributed by atoms with Crippen LogP contribution in [0.1, 0.15) is 0 Å². The zero-order valence-electron chi connectivity index (χ0n) is 17.1. The molecule has 8 heteroatoms. The van der Waals surface area contributed by atoms with Gasteiger partial charge < -0.3 is 4.57 Å². The number of halogens is 1. The molecule has 32 heavy (non-hydrogen) atoms. The van der Waals surface area contributed by atoms with Gasteiger partial charge in [0.25, 0.3) is 0 Å². The van der Waals surface area contributed by atoms with E-state index in [9.17, 15) is 4.79 Å². The van der Waals surface area contributed by atoms with Crippen molar-refractivity contribution in [2.75, 3.05) is 10.7 Å². The first-order valence-corrected chi connectivity index (χ1v) is 11.7. The number of hydrogen-bond acceptors (Lipinski definition) is 5. The minimum absolute atomic E-state index is 0.0583. The number of fused-ring (bicyclic) bond motifs is 3. The number of aryl methyl sites for hydroxylation is 1. The van der Waals surface area contributed by atoms with Crippen molar-refractivity contribution < 1.29 is 4.79 Å². The van der Waals surface area contributed by atoms with Crippen LogP contribution in [0.4, 0.5) is 11.4 Å². The fraction of sp³-hybridized carbons (Fsp3) is 0.0833. The molecule has 1 amide bonds. The third kappa shape index (κ3) is 3.87. The molecule has 3 aromatic carbocycles. The van der Waals surface area contributed by atoms with E-state index >= 15 is 0 Å². The predicted molar refractivity (Wildman–Crippen MR) is 132 cm³/mol. The number of rotatable bonds is 5. The molecule has 0 N–H and O–H groups in total. The van der Waals surface area contributed by atoms with Crippen molar-refractivity contribution in [1.82, 2.24) is 19.7 Å². The second-order valence-electron chi connectivity index (χ2n) is 7.18. The molecule has 2 heterocycles. The van der Waals surface area contributed by atoms with Gasteiger partial charge in [0.05, 0.1) is 11.3 Å². The molecule has 0 saturated heterocycles. The molecule has 5 aromatic rings. The van der Waals surface area contributed by atoms with E-state index in [0.717, 1.165) is 37.9 Å². The first kappa shape index (κ1) is 20.7. The predicted octanol–water partition coefficient (Wildman–Crippen LogP) is 5.74. The van der Waals surface area contributed by atoms with Crippen molar-refractivity contribution in [2.45, 2.75) is 5.16 Å². The molecule has 0 bridgehead atoms. The van der Waals surface area contributed by atoms with Crippen LogP contribution in [0.5, 0.6) is 0 Å². The molecule has 0 unspecified atom stereocenters. The number of carbonyl (C=O) groups is 1. The van der Waals surface area contributed by atoms with Crippen LogP contribution in [0.3, 0.4) is 0 Å². The average molecular weight is 504 g/mol. The average Bonchev–Trinajstić information content (AvgIpc) is 3.10. The molecule has 0 aliphatic carbocycles. The Balaban J connectivity index is 1.43. The van der Waals surface area contributed by atoms with E-state index in [-0.39, 0.29) is 11.7 Å². The molecular weight excluding hydrogens is 486 g/mol. The highest BCUT2D eigenvalue weighted by atomic mass is 79.9. The highest BCUT2D eigenvalue weighted by molar-refractivity contribution is 9.10. The summed E-state index contributed by atoms with van der Waals surface area (Å²) in [7, 11) is 1.96. The first-order valence-electron chi connectivity index (χ1n) is 9.96. The molecular formula is C24H18BrN5OS. The zero-order chi connectivity index (χ0) is 22.1. The van der Waals surface area contributed by atoms with Crippen LogP contribution >= 0.6 is 27.7 Å². The lowest BCUT2D eigenvalue weighted by molar-refractivity contribution is -0.115. The van der Waals surface area contributed by atoms with Crippen molar-refractivity contribution in [3.63, 3.8) is 0 Å². The van der Waals surface area contributed by atoms with E-state index in [1.54, 1.807) is 4.90 Å². The molecule has 158 valence electrons. The molecule has 0 radical (unpaired) electrons. The van der Waals surface area contributed by atoms with Crippen LogP contribution in [0.25, 0.3) is 22.1 Å². The van der Waals surface area contributed by atoms with E-state index in [1.165, 1.54) is 11.8 Å². The number of benzene rings is 3. The van der Waals surface area contributed by atoms with Gasteiger partial charge in [-0.3, -0.25) is 9.69 Å². The van der Waals surface area contributed by atoms with Gasteiger partial charge in [-0.2, -0.15) is 0 Å². The fourth-order valence-electron chi connectivity index (χ4n) is 3.66. The van der Waals surface area contributed by atoms with Gasteiger partial charge >= 0.3 is 0 Å². The Bertz CT molecular complexity index is 1380. The van der Waals surface area contributed by atoms with Gasteiger partial charge in [-0.05, 0) is 42.5 Å². The number of aromatic nitrogens is 4. The molecule has 0 aliphatic rings. The van der Waals surface area contributed by atoms with Crippen LogP contribution in [-0.4, -0.2) is 31.4 Å². The Morgan fingerprint density at radius 1 is 0.969 bits per heavy atom. The Hall–Kier alpha value is -3.23. The van der Waals surface area contributed by atoms with Crippen LogP contribution in [-0.2, 0) is 11.8 Å². The van der Waals surface area contributed by atoms with E-state index in [2.05, 4.69) is 31.1 Å². The maximum absolute atomic E-state index is 13.2. The van der Waals surface area contributed by atoms with Crippen molar-refractivity contribution in [2.24, 2.45) is 7.05 Å². The Labute approximate surface area is 197 Å². The van der Waals surface area contributed by atoms with E-state index in [0.29, 0.717) is 5.16 Å². The van der Waals surface area contributed by atoms with Crippen LogP contribution < -0.4 is 4.90 Å². The molecule has 0 spiro atoms. The lowest BCUT2D eigenvalue weighted by Crippen LogP contribution is -2.27. The SMILES string of the molecule is Cn1c2ccc(Br)cc2c2nnc(SCC(=O)N(c3ccccc3)c3ccccc3)nc21. The lowest BCUT2D eigenvalue weighted by Gasteiger charge is -2.22. The highest BCUT2D eigenvalue weighted by Crippen LogP contribution is 2.30. The largest absolute Gasteiger partial charge is 0.327 e. The maximum Gasteiger partial charge on any atom is 0.242 e. The molecule has 0 saturated carbocycles. The summed E-state index contributed by atoms with van der Waals surface area (Å²) in [6.45, 7) is 0. The number of thioether (sulfide) groups is 1. The zero-order valence-corrected chi connectivity index (χ0v) is 19.5. The first-order chi connectivity index (χ1) is 15.6. The molecule has 6 nitrogen and oxygen atoms in total. The summed E-state index contributed by atoms with van der Waals surface area (Å²) >= 11 is 4.79. The van der Waals surface area contributed by atoms with Gasteiger partial charge in [-0.25, -0.2) is 4.98 Å². The van der Waals surface area contributed by atoms with Crippen molar-refractivity contribution in [1.29, 1.82) is 0 Å². The van der Waals surface area contributed by atoms with Crippen LogP contribution in [0.2, 0.25) is 0 Å². The smallest absolute Gasteiger partial charge is 0.242 e. The lowest BCUT2D eigenvalue weighted by atomic mass is 10.2. The molecule has 0 fully saturated rings. The fourth-order valence-corrected chi connectivity index (χ4v) is 4.65. The van der Waals surface area contributed by atoms with Crippen LogP contribution in [0.15, 0.2) is 88.5 Å². The second kappa shape index (κ2) is 8.72. The van der Waals surface area contributed by atoms with Crippen molar-refractivity contribution in [3.8, 4) is 0 Å². The number of amides is 1. The van der Waals surface area contributed by atoms with E-state index in [4.69, 9.17) is 0 Å². The van der Waals surface area contributed by atoms with Gasteiger partial charge in [0.2, 0.25) is 11.1 Å². The highest BCUT2D eigenvalue weighted by Gasteiger charge is 2.19. The van der Waals surface area contributed by atoms with Gasteiger partial charge in [0.1, 0.15) is 5.52 Å². The maximum atomic E-state index is 13.2. The third-order valence-electron chi connectivity index (χ3n) is 5.14. The standard InChI is InChI=1S/C24H18BrN5OS/c1-29-20-13-12-16(25)14-19(20)22-23(29)26-24(28-27-22)32-15-21(31)30(17-8-4-2-5-9-17)18-10-6-3-7-11-18/h2-14H,15H2,1H3. The summed E-state index contributed by atoms with van der Waals surface area (Å²) in [6, 6.07) is 25.3. The Kier molecular flexibility index (Phi) is 5.63. The summed E-state index contributed by atoms with van der Waals surface area (Å²) in [5.41, 5.74) is 4.15. The van der Waals surface area contributed by atoms with Crippen molar-refractivity contribution in [3.05, 3.63) is 83.3 Å². The van der Waals surface area contributed by atoms with Gasteiger partial charge in [0.15, 0.2) is 5.65 Å². The van der Waals surface area contributed by atoms with E-state index in [1.807, 2.05) is 90.5 Å². The minimum Gasteiger partial charge on any atom is -0.327 e. The summed E-state index contributed by atoms with van der Waals surface area (Å²) in [4.78, 5) is 19.6. The van der Waals surface area contributed by atoms with Crippen LogP contribution in [0, 0.1) is 0 Å². The number of para-hydroxylation sites is 2. The third-order valence-corrected chi connectivity index (χ3v) is 6.46. The molecule has 2 aromatic heterocycles. The normalized spacial score (nSPS) is 11.2. The summed E-state index contributed by atoms with van der Waals surface area (Å²) < 4.78 is 2.98. The minimum atomic E-state index is -0.0583. The number of hydrogen-bond donors (Lipinski definition) is 0. The number of carbonyl (C=O) groups excluding carboxylic acids is 1. The number of anilines is 2. The summed E-state index contributed by atoms with van der Waals surface area (Å²) in [5, 5.41) is 10.1. The Morgan fingerprint density at radius 3 is 2.28 bits per heavy atom. The molecule has 5 rings (SSSR count). The van der Waals surface area contributed by atoms with Gasteiger partial charge in [0, 0.05) is 28.3 Å². The topological polar surface area (TPSA) is 63.9 Å². The summed E-state index contributed by atoms with van der Waals surface area (Å²) in [6.07, 6.45) is 0. The van der Waals surface area contributed by atoms with Crippen molar-refractivity contribution >= 4 is 67.0 Å². The van der Waals surface area contributed by atoms with Gasteiger partial charge in [-0.1, -0.05) is 64.1 Å². The molecule has 0 aliphatic heterocycles. The van der Waals surface area contributed by atoms with Gasteiger partial charge in [-0.15, -0.1) is 10.2 Å². The molecule has 0 atom stereocenters. The number of nitrogens with zero attached hydrogens (tertiary/aromatic N) is 5. The van der Waals surface area contributed by atoms with E-state index < -0.39 is 0 Å². The monoisotopic (exact) mass is 503 g/mol. The summed E-state index contributed by atoms with van der Waals surface area (Å²) in [5.74, 6) is 0.129. The second-order valence-corrected chi connectivity index (χ2v) is 9.03. The Morgan fingerprint density at radius 2 is 1.62 bits per heavy atom.